The van der Waals surface area contributed by atoms with Crippen LogP contribution < -0.4 is 5.32 Å². The number of hydrogen-bond donors (Lipinski definition) is 1. The van der Waals surface area contributed by atoms with Crippen molar-refractivity contribution in [2.24, 2.45) is 0 Å². The first-order valence-corrected chi connectivity index (χ1v) is 9.95. The molecule has 3 aromatic rings. The predicted molar refractivity (Wildman–Crippen MR) is 101 cm³/mol. The molecule has 8 nitrogen and oxygen atoms in total. The fourth-order valence-corrected chi connectivity index (χ4v) is 3.53. The number of nitrogens with zero attached hydrogens (tertiary/aromatic N) is 4. The number of nitrogens with one attached hydrogen (secondary N) is 1. The third-order valence-electron chi connectivity index (χ3n) is 4.13. The fraction of sp³-hybridized carbons (Fsp3) is 0.222. The minimum atomic E-state index is -3.43. The predicted octanol–water partition coefficient (Wildman–Crippen LogP) is 2.54. The number of amides is 1. The summed E-state index contributed by atoms with van der Waals surface area (Å²) in [6.07, 6.45) is 0. The average Bonchev–Trinajstić information content (AvgIpc) is 3.09. The van der Waals surface area contributed by atoms with Gasteiger partial charge in [0.15, 0.2) is 15.7 Å². The van der Waals surface area contributed by atoms with E-state index in [1.54, 1.807) is 20.8 Å². The molecule has 0 unspecified atom stereocenters. The molecule has 28 heavy (non-hydrogen) atoms. The molecule has 1 amide bonds. The highest BCUT2D eigenvalue weighted by atomic mass is 32.2. The van der Waals surface area contributed by atoms with Crippen LogP contribution in [0.5, 0.6) is 0 Å². The minimum absolute atomic E-state index is 0.0451. The lowest BCUT2D eigenvalue weighted by atomic mass is 10.2. The molecule has 0 atom stereocenters. The summed E-state index contributed by atoms with van der Waals surface area (Å²) in [5, 5.41) is 13.0. The summed E-state index contributed by atoms with van der Waals surface area (Å²) >= 11 is 0. The van der Waals surface area contributed by atoms with Gasteiger partial charge >= 0.3 is 0 Å². The highest BCUT2D eigenvalue weighted by molar-refractivity contribution is 7.92. The molecule has 0 aliphatic rings. The fourth-order valence-electron chi connectivity index (χ4n) is 2.47. The van der Waals surface area contributed by atoms with Gasteiger partial charge in [-0.2, -0.15) is 4.68 Å². The molecular weight excluding hydrogens is 385 g/mol. The zero-order valence-electron chi connectivity index (χ0n) is 15.4. The van der Waals surface area contributed by atoms with Crippen molar-refractivity contribution in [2.45, 2.75) is 30.9 Å². The smallest absolute Gasteiger partial charge is 0.255 e. The van der Waals surface area contributed by atoms with Crippen LogP contribution in [0.4, 0.5) is 10.1 Å². The van der Waals surface area contributed by atoms with Crippen molar-refractivity contribution in [2.75, 3.05) is 5.32 Å². The maximum absolute atomic E-state index is 14.1. The van der Waals surface area contributed by atoms with E-state index in [-0.39, 0.29) is 16.1 Å². The normalized spacial score (nSPS) is 11.6. The quantitative estimate of drug-likeness (QED) is 0.702. The maximum Gasteiger partial charge on any atom is 0.255 e. The Kier molecular flexibility index (Phi) is 5.23. The largest absolute Gasteiger partial charge is 0.319 e. The van der Waals surface area contributed by atoms with Crippen molar-refractivity contribution in [1.82, 2.24) is 20.2 Å². The van der Waals surface area contributed by atoms with Crippen LogP contribution in [0, 0.1) is 12.7 Å². The molecule has 10 heteroatoms. The molecule has 0 fully saturated rings. The van der Waals surface area contributed by atoms with E-state index in [2.05, 4.69) is 20.8 Å². The monoisotopic (exact) mass is 403 g/mol. The number of tetrazole rings is 1. The number of carbonyl (C=O) groups is 1. The van der Waals surface area contributed by atoms with E-state index in [4.69, 9.17) is 0 Å². The van der Waals surface area contributed by atoms with Crippen LogP contribution in [0.25, 0.3) is 5.69 Å². The Balaban J connectivity index is 1.84. The van der Waals surface area contributed by atoms with Crippen LogP contribution in [0.1, 0.15) is 30.0 Å². The van der Waals surface area contributed by atoms with Crippen molar-refractivity contribution >= 4 is 21.4 Å². The van der Waals surface area contributed by atoms with Gasteiger partial charge in [-0.15, -0.1) is 5.10 Å². The van der Waals surface area contributed by atoms with Gasteiger partial charge in [0.2, 0.25) is 0 Å². The summed E-state index contributed by atoms with van der Waals surface area (Å²) in [5.74, 6) is -0.689. The van der Waals surface area contributed by atoms with E-state index >= 15 is 0 Å². The Bertz CT molecular complexity index is 1120. The standard InChI is InChI=1S/C18H18FN5O3S/c1-11(2)28(26,27)15-7-4-13(5-8-15)18(25)20-17-10-14(6-9-16(17)19)24-12(3)21-22-23-24/h4-11H,1-3H3,(H,20,25). The maximum atomic E-state index is 14.1. The van der Waals surface area contributed by atoms with Gasteiger partial charge in [0.1, 0.15) is 5.82 Å². The Morgan fingerprint density at radius 2 is 1.82 bits per heavy atom. The van der Waals surface area contributed by atoms with E-state index in [1.165, 1.54) is 47.1 Å². The molecule has 0 radical (unpaired) electrons. The summed E-state index contributed by atoms with van der Waals surface area (Å²) in [6.45, 7) is 4.85. The molecule has 3 rings (SSSR count). The van der Waals surface area contributed by atoms with Crippen molar-refractivity contribution < 1.29 is 17.6 Å². The van der Waals surface area contributed by atoms with Crippen molar-refractivity contribution in [3.63, 3.8) is 0 Å². The lowest BCUT2D eigenvalue weighted by molar-refractivity contribution is 0.102. The van der Waals surface area contributed by atoms with E-state index in [9.17, 15) is 17.6 Å². The zero-order valence-corrected chi connectivity index (χ0v) is 16.2. The van der Waals surface area contributed by atoms with Gasteiger partial charge < -0.3 is 5.32 Å². The first kappa shape index (κ1) is 19.6. The molecule has 1 heterocycles. The van der Waals surface area contributed by atoms with Crippen LogP contribution >= 0.6 is 0 Å². The van der Waals surface area contributed by atoms with Gasteiger partial charge in [-0.05, 0) is 73.7 Å². The average molecular weight is 403 g/mol. The molecule has 0 saturated heterocycles. The lowest BCUT2D eigenvalue weighted by Gasteiger charge is -2.10. The summed E-state index contributed by atoms with van der Waals surface area (Å²) < 4.78 is 39.9. The van der Waals surface area contributed by atoms with E-state index in [1.807, 2.05) is 0 Å². The second kappa shape index (κ2) is 7.47. The number of hydrogen-bond acceptors (Lipinski definition) is 6. The Morgan fingerprint density at radius 3 is 2.39 bits per heavy atom. The molecule has 0 aliphatic carbocycles. The number of halogens is 1. The topological polar surface area (TPSA) is 107 Å². The van der Waals surface area contributed by atoms with Crippen molar-refractivity contribution in [3.8, 4) is 5.69 Å². The second-order valence-electron chi connectivity index (χ2n) is 6.37. The molecule has 2 aromatic carbocycles. The summed E-state index contributed by atoms with van der Waals surface area (Å²) in [6, 6.07) is 9.59. The Morgan fingerprint density at radius 1 is 1.14 bits per heavy atom. The summed E-state index contributed by atoms with van der Waals surface area (Å²) in [4.78, 5) is 12.6. The van der Waals surface area contributed by atoms with Gasteiger partial charge in [0, 0.05) is 5.56 Å². The van der Waals surface area contributed by atoms with Crippen molar-refractivity contribution in [1.29, 1.82) is 0 Å². The number of aryl methyl sites for hydroxylation is 1. The highest BCUT2D eigenvalue weighted by Gasteiger charge is 2.19. The number of anilines is 1. The number of rotatable bonds is 5. The molecule has 1 aromatic heterocycles. The third-order valence-corrected chi connectivity index (χ3v) is 6.30. The molecule has 0 bridgehead atoms. The van der Waals surface area contributed by atoms with E-state index in [0.29, 0.717) is 11.5 Å². The number of sulfone groups is 1. The van der Waals surface area contributed by atoms with Gasteiger partial charge in [0.25, 0.3) is 5.91 Å². The lowest BCUT2D eigenvalue weighted by Crippen LogP contribution is -2.16. The van der Waals surface area contributed by atoms with E-state index in [0.717, 1.165) is 0 Å². The van der Waals surface area contributed by atoms with Gasteiger partial charge in [-0.25, -0.2) is 12.8 Å². The van der Waals surface area contributed by atoms with Crippen LogP contribution in [0.2, 0.25) is 0 Å². The molecule has 0 saturated carbocycles. The number of aromatic nitrogens is 4. The van der Waals surface area contributed by atoms with Gasteiger partial charge in [-0.3, -0.25) is 4.79 Å². The SMILES string of the molecule is Cc1nnnn1-c1ccc(F)c(NC(=O)c2ccc(S(=O)(=O)C(C)C)cc2)c1. The second-order valence-corrected chi connectivity index (χ2v) is 8.88. The minimum Gasteiger partial charge on any atom is -0.319 e. The molecule has 146 valence electrons. The van der Waals surface area contributed by atoms with Crippen LogP contribution in [0.15, 0.2) is 47.4 Å². The number of benzene rings is 2. The zero-order chi connectivity index (χ0) is 20.5. The summed E-state index contributed by atoms with van der Waals surface area (Å²) in [7, 11) is -3.43. The van der Waals surface area contributed by atoms with Gasteiger partial charge in [-0.1, -0.05) is 0 Å². The Hall–Kier alpha value is -3.14. The van der Waals surface area contributed by atoms with Crippen molar-refractivity contribution in [3.05, 3.63) is 59.7 Å². The first-order valence-electron chi connectivity index (χ1n) is 8.40. The number of carbonyl (C=O) groups excluding carboxylic acids is 1. The Labute approximate surface area is 161 Å². The molecule has 0 aliphatic heterocycles. The third kappa shape index (κ3) is 3.77. The molecule has 0 spiro atoms. The molecular formula is C18H18FN5O3S. The van der Waals surface area contributed by atoms with Gasteiger partial charge in [0.05, 0.1) is 21.5 Å². The van der Waals surface area contributed by atoms with E-state index < -0.39 is 26.8 Å². The van der Waals surface area contributed by atoms with Crippen LogP contribution in [-0.2, 0) is 9.84 Å². The highest BCUT2D eigenvalue weighted by Crippen LogP contribution is 2.21. The summed E-state index contributed by atoms with van der Waals surface area (Å²) in [5.41, 5.74) is 0.639. The van der Waals surface area contributed by atoms with Crippen LogP contribution in [0.3, 0.4) is 0 Å². The molecule has 1 N–H and O–H groups in total. The van der Waals surface area contributed by atoms with Crippen LogP contribution in [-0.4, -0.2) is 39.8 Å². The first-order chi connectivity index (χ1) is 13.2.